The number of nitrogens with zero attached hydrogens (tertiary/aromatic N) is 2. The fourth-order valence-electron chi connectivity index (χ4n) is 8.23. The van der Waals surface area contributed by atoms with E-state index in [1.807, 2.05) is 6.07 Å². The number of carbonyl (C=O) groups is 2. The van der Waals surface area contributed by atoms with E-state index in [1.54, 1.807) is 30.3 Å². The molecule has 0 unspecified atom stereocenters. The summed E-state index contributed by atoms with van der Waals surface area (Å²) in [6.45, 7) is 1.85. The molecule has 180 valence electrons. The zero-order chi connectivity index (χ0) is 23.7. The summed E-state index contributed by atoms with van der Waals surface area (Å²) in [4.78, 5) is 30.8. The molecule has 2 aromatic carbocycles. The van der Waals surface area contributed by atoms with Crippen LogP contribution in [0.25, 0.3) is 0 Å². The van der Waals surface area contributed by atoms with E-state index >= 15 is 0 Å². The number of hydrogen-bond acceptors (Lipinski definition) is 6. The number of ether oxygens (including phenoxy) is 1. The summed E-state index contributed by atoms with van der Waals surface area (Å²) in [5, 5.41) is 23.4. The van der Waals surface area contributed by atoms with Crippen LogP contribution in [0.3, 0.4) is 0 Å². The summed E-state index contributed by atoms with van der Waals surface area (Å²) in [6, 6.07) is 10.1. The van der Waals surface area contributed by atoms with Crippen LogP contribution in [0.15, 0.2) is 36.4 Å². The van der Waals surface area contributed by atoms with Gasteiger partial charge in [0.15, 0.2) is 11.5 Å². The topological polar surface area (TPSA) is 90.3 Å². The lowest BCUT2D eigenvalue weighted by atomic mass is 9.48. The van der Waals surface area contributed by atoms with Crippen molar-refractivity contribution in [3.8, 4) is 11.5 Å². The van der Waals surface area contributed by atoms with E-state index in [2.05, 4.69) is 4.90 Å². The Morgan fingerprint density at radius 3 is 2.46 bits per heavy atom. The number of aromatic hydroxyl groups is 1. The molecule has 2 saturated carbocycles. The maximum Gasteiger partial charge on any atom is 0.261 e. The van der Waals surface area contributed by atoms with Crippen LogP contribution < -0.4 is 4.74 Å². The van der Waals surface area contributed by atoms with Gasteiger partial charge in [0.2, 0.25) is 0 Å². The maximum absolute atomic E-state index is 13.5. The molecule has 1 spiro atoms. The molecule has 7 heteroatoms. The van der Waals surface area contributed by atoms with Crippen molar-refractivity contribution in [3.05, 3.63) is 58.7 Å². The Balaban J connectivity index is 1.28. The van der Waals surface area contributed by atoms with Crippen LogP contribution in [-0.4, -0.2) is 68.7 Å². The van der Waals surface area contributed by atoms with Crippen LogP contribution in [0.2, 0.25) is 0 Å². The summed E-state index contributed by atoms with van der Waals surface area (Å²) in [7, 11) is 0. The standard InChI is InChI=1S/C28H28N2O5/c31-20-8-7-16-13-21-28(34)10-9-19(30-25(32)17-3-1-2-4-18(17)26(30)33)24-27(28,22(16)23(20)35-24)11-12-29(21)14-15-5-6-15/h1-4,7-8,15,19,21,24,31,34H,5-6,9-14H2/t19-,21-,24-,27-,28+/m0/s1. The molecule has 8 rings (SSSR count). The van der Waals surface area contributed by atoms with E-state index in [9.17, 15) is 19.8 Å². The Morgan fingerprint density at radius 1 is 1.00 bits per heavy atom. The van der Waals surface area contributed by atoms with E-state index in [0.29, 0.717) is 36.1 Å². The van der Waals surface area contributed by atoms with Crippen LogP contribution in [0.1, 0.15) is 63.9 Å². The molecule has 7 nitrogen and oxygen atoms in total. The molecule has 2 N–H and O–H groups in total. The van der Waals surface area contributed by atoms with E-state index in [-0.39, 0.29) is 23.6 Å². The number of likely N-dealkylation sites (tertiary alicyclic amines) is 1. The molecule has 5 atom stereocenters. The summed E-state index contributed by atoms with van der Waals surface area (Å²) in [6.07, 6.45) is 4.31. The van der Waals surface area contributed by atoms with Crippen LogP contribution in [-0.2, 0) is 11.8 Å². The number of phenolic OH excluding ortho intramolecular Hbond substituents is 1. The number of fused-ring (bicyclic) bond motifs is 1. The Kier molecular flexibility index (Phi) is 3.74. The number of carbonyl (C=O) groups excluding carboxylic acids is 2. The molecule has 0 aromatic heterocycles. The molecule has 35 heavy (non-hydrogen) atoms. The van der Waals surface area contributed by atoms with Gasteiger partial charge < -0.3 is 14.9 Å². The minimum Gasteiger partial charge on any atom is -0.504 e. The molecule has 6 aliphatic rings. The number of rotatable bonds is 3. The van der Waals surface area contributed by atoms with Crippen molar-refractivity contribution in [1.29, 1.82) is 0 Å². The van der Waals surface area contributed by atoms with Crippen LogP contribution >= 0.6 is 0 Å². The number of piperidine rings is 1. The van der Waals surface area contributed by atoms with Gasteiger partial charge in [-0.25, -0.2) is 0 Å². The van der Waals surface area contributed by atoms with Crippen molar-refractivity contribution in [2.75, 3.05) is 13.1 Å². The second kappa shape index (κ2) is 6.45. The number of benzene rings is 2. The molecule has 3 aliphatic heterocycles. The third-order valence-corrected chi connectivity index (χ3v) is 9.89. The summed E-state index contributed by atoms with van der Waals surface area (Å²) in [5.74, 6) is 0.632. The van der Waals surface area contributed by atoms with Gasteiger partial charge in [0.25, 0.3) is 11.8 Å². The SMILES string of the molecule is O=C1c2ccccc2C(=O)N1[C@H]1CC[C@@]2(O)[C@@H]3Cc4ccc(O)c5c4[C@@]2(CCN3CC2CC2)[C@H]1O5. The first kappa shape index (κ1) is 20.3. The van der Waals surface area contributed by atoms with E-state index in [1.165, 1.54) is 17.7 Å². The molecule has 1 saturated heterocycles. The molecule has 0 radical (unpaired) electrons. The van der Waals surface area contributed by atoms with Crippen LogP contribution in [0, 0.1) is 5.92 Å². The maximum atomic E-state index is 13.5. The summed E-state index contributed by atoms with van der Waals surface area (Å²) < 4.78 is 6.55. The lowest BCUT2D eigenvalue weighted by Crippen LogP contribution is -2.78. The average molecular weight is 473 g/mol. The fourth-order valence-corrected chi connectivity index (χ4v) is 8.23. The quantitative estimate of drug-likeness (QED) is 0.668. The first-order chi connectivity index (χ1) is 16.9. The first-order valence-corrected chi connectivity index (χ1v) is 12.9. The predicted octanol–water partition coefficient (Wildman–Crippen LogP) is 2.62. The second-order valence-electron chi connectivity index (χ2n) is 11.4. The Hall–Kier alpha value is -2.90. The van der Waals surface area contributed by atoms with Gasteiger partial charge in [0, 0.05) is 18.2 Å². The van der Waals surface area contributed by atoms with Crippen molar-refractivity contribution >= 4 is 11.8 Å². The number of phenols is 1. The number of aliphatic hydroxyl groups is 1. The van der Waals surface area contributed by atoms with E-state index in [4.69, 9.17) is 4.74 Å². The highest BCUT2D eigenvalue weighted by atomic mass is 16.5. The number of amides is 2. The van der Waals surface area contributed by atoms with Crippen molar-refractivity contribution in [2.45, 2.75) is 67.7 Å². The van der Waals surface area contributed by atoms with Gasteiger partial charge >= 0.3 is 0 Å². The molecule has 2 bridgehead atoms. The lowest BCUT2D eigenvalue weighted by molar-refractivity contribution is -0.196. The monoisotopic (exact) mass is 472 g/mol. The van der Waals surface area contributed by atoms with Gasteiger partial charge in [0.1, 0.15) is 6.10 Å². The largest absolute Gasteiger partial charge is 0.504 e. The molecule has 2 aromatic rings. The average Bonchev–Trinajstić information content (AvgIpc) is 3.54. The molecular formula is C28H28N2O5. The third kappa shape index (κ3) is 2.30. The zero-order valence-corrected chi connectivity index (χ0v) is 19.4. The molecule has 3 aliphatic carbocycles. The Bertz CT molecular complexity index is 1290. The van der Waals surface area contributed by atoms with Gasteiger partial charge in [-0.3, -0.25) is 19.4 Å². The highest BCUT2D eigenvalue weighted by molar-refractivity contribution is 6.21. The summed E-state index contributed by atoms with van der Waals surface area (Å²) >= 11 is 0. The zero-order valence-electron chi connectivity index (χ0n) is 19.4. The normalized spacial score (nSPS) is 36.7. The van der Waals surface area contributed by atoms with Crippen molar-refractivity contribution in [3.63, 3.8) is 0 Å². The lowest BCUT2D eigenvalue weighted by Gasteiger charge is -2.64. The predicted molar refractivity (Wildman–Crippen MR) is 126 cm³/mol. The van der Waals surface area contributed by atoms with Crippen LogP contribution in [0.5, 0.6) is 11.5 Å². The highest BCUT2D eigenvalue weighted by Crippen LogP contribution is 2.66. The second-order valence-corrected chi connectivity index (χ2v) is 11.4. The van der Waals surface area contributed by atoms with E-state index in [0.717, 1.165) is 36.6 Å². The van der Waals surface area contributed by atoms with Crippen molar-refractivity contribution in [2.24, 2.45) is 5.92 Å². The van der Waals surface area contributed by atoms with Gasteiger partial charge in [-0.15, -0.1) is 0 Å². The Labute approximate surface area is 203 Å². The molecule has 3 fully saturated rings. The number of imide groups is 1. The fraction of sp³-hybridized carbons (Fsp3) is 0.500. The first-order valence-electron chi connectivity index (χ1n) is 12.9. The van der Waals surface area contributed by atoms with Gasteiger partial charge in [-0.1, -0.05) is 18.2 Å². The minimum absolute atomic E-state index is 0.0333. The van der Waals surface area contributed by atoms with Gasteiger partial charge in [-0.2, -0.15) is 0 Å². The van der Waals surface area contributed by atoms with Gasteiger partial charge in [-0.05, 0) is 74.8 Å². The van der Waals surface area contributed by atoms with E-state index < -0.39 is 23.2 Å². The molecule has 2 amide bonds. The molecule has 3 heterocycles. The third-order valence-electron chi connectivity index (χ3n) is 9.89. The minimum atomic E-state index is -1.04. The van der Waals surface area contributed by atoms with Gasteiger partial charge in [0.05, 0.1) is 28.2 Å². The van der Waals surface area contributed by atoms with Crippen molar-refractivity contribution < 1.29 is 24.5 Å². The molecular weight excluding hydrogens is 444 g/mol. The summed E-state index contributed by atoms with van der Waals surface area (Å²) in [5.41, 5.74) is 1.09. The Morgan fingerprint density at radius 2 is 1.74 bits per heavy atom. The van der Waals surface area contributed by atoms with Crippen LogP contribution in [0.4, 0.5) is 0 Å². The van der Waals surface area contributed by atoms with Crippen molar-refractivity contribution in [1.82, 2.24) is 9.80 Å². The highest BCUT2D eigenvalue weighted by Gasteiger charge is 2.74. The smallest absolute Gasteiger partial charge is 0.261 e. The number of hydrogen-bond donors (Lipinski definition) is 2.